The van der Waals surface area contributed by atoms with E-state index < -0.39 is 10.8 Å². The topological polar surface area (TPSA) is 125 Å². The molecule has 4 heterocycles. The molecule has 41 heavy (non-hydrogen) atoms. The van der Waals surface area contributed by atoms with Gasteiger partial charge in [-0.2, -0.15) is 4.98 Å². The molecule has 11 nitrogen and oxygen atoms in total. The molecule has 1 atom stereocenters. The Balaban J connectivity index is 1.22. The molecular formula is C29H35N7O4S. The normalized spacial score (nSPS) is 18.0. The minimum atomic E-state index is -1.60. The number of nitrogens with zero attached hydrogens (tertiary/aromatic N) is 5. The number of aryl methyl sites for hydroxylation is 2. The van der Waals surface area contributed by atoms with E-state index in [1.54, 1.807) is 10.6 Å². The summed E-state index contributed by atoms with van der Waals surface area (Å²) in [6, 6.07) is 11.6. The number of hydrogen-bond donors (Lipinski definition) is 2. The maximum atomic E-state index is 13.5. The van der Waals surface area contributed by atoms with Gasteiger partial charge < -0.3 is 15.0 Å². The summed E-state index contributed by atoms with van der Waals surface area (Å²) in [5.41, 5.74) is 3.45. The van der Waals surface area contributed by atoms with Crippen LogP contribution in [0.5, 0.6) is 0 Å². The van der Waals surface area contributed by atoms with Gasteiger partial charge in [-0.1, -0.05) is 17.7 Å². The molecule has 6 rings (SSSR count). The SMILES string of the molecule is Cc1ccc(S(=O)c2n[nH]n3c2nc(=O)c2ccc(N4CCCN(CC(=O)NC5CCOCC5)CC4)cc23)c(C)c1. The van der Waals surface area contributed by atoms with Gasteiger partial charge in [0.05, 0.1) is 17.4 Å². The van der Waals surface area contributed by atoms with E-state index in [4.69, 9.17) is 4.74 Å². The lowest BCUT2D eigenvalue weighted by molar-refractivity contribution is -0.123. The van der Waals surface area contributed by atoms with E-state index in [0.29, 0.717) is 35.6 Å². The van der Waals surface area contributed by atoms with Crippen LogP contribution in [-0.4, -0.2) is 86.8 Å². The van der Waals surface area contributed by atoms with Crippen molar-refractivity contribution in [3.63, 3.8) is 0 Å². The van der Waals surface area contributed by atoms with Crippen LogP contribution in [0.25, 0.3) is 16.6 Å². The molecule has 0 spiro atoms. The van der Waals surface area contributed by atoms with E-state index in [1.807, 2.05) is 44.2 Å². The van der Waals surface area contributed by atoms with Crippen molar-refractivity contribution in [3.05, 3.63) is 57.9 Å². The first-order valence-electron chi connectivity index (χ1n) is 14.1. The van der Waals surface area contributed by atoms with Crippen molar-refractivity contribution in [2.24, 2.45) is 0 Å². The van der Waals surface area contributed by atoms with Gasteiger partial charge in [0.15, 0.2) is 10.7 Å². The maximum Gasteiger partial charge on any atom is 0.281 e. The largest absolute Gasteiger partial charge is 0.381 e. The molecule has 2 aliphatic heterocycles. The monoisotopic (exact) mass is 577 g/mol. The number of rotatable bonds is 6. The summed E-state index contributed by atoms with van der Waals surface area (Å²) in [6.07, 6.45) is 2.65. The molecule has 4 aromatic rings. The highest BCUT2D eigenvalue weighted by Crippen LogP contribution is 2.25. The van der Waals surface area contributed by atoms with Crippen LogP contribution < -0.4 is 15.8 Å². The minimum absolute atomic E-state index is 0.0681. The first kappa shape index (κ1) is 27.6. The number of H-pyrrole nitrogens is 1. The third-order valence-electron chi connectivity index (χ3n) is 7.93. The third-order valence-corrected chi connectivity index (χ3v) is 9.41. The highest BCUT2D eigenvalue weighted by atomic mass is 32.2. The van der Waals surface area contributed by atoms with Gasteiger partial charge in [-0.15, -0.1) is 5.10 Å². The van der Waals surface area contributed by atoms with Crippen LogP contribution in [0.1, 0.15) is 30.4 Å². The highest BCUT2D eigenvalue weighted by molar-refractivity contribution is 7.85. The number of benzene rings is 2. The predicted molar refractivity (Wildman–Crippen MR) is 157 cm³/mol. The van der Waals surface area contributed by atoms with E-state index >= 15 is 0 Å². The van der Waals surface area contributed by atoms with E-state index in [-0.39, 0.29) is 28.2 Å². The Kier molecular flexibility index (Phi) is 7.87. The number of anilines is 1. The standard InChI is InChI=1S/C29H35N7O4S/c1-19-4-7-25(20(2)16-19)41(39)29-27-31-28(38)23-6-5-22(17-24(23)36(27)33-32-29)35-11-3-10-34(12-13-35)18-26(37)30-21-8-14-40-15-9-21/h4-7,16-17,21,33H,3,8-15,18H2,1-2H3,(H,30,37). The van der Waals surface area contributed by atoms with Gasteiger partial charge in [0.1, 0.15) is 10.8 Å². The first-order valence-corrected chi connectivity index (χ1v) is 15.3. The zero-order valence-electron chi connectivity index (χ0n) is 23.4. The summed E-state index contributed by atoms with van der Waals surface area (Å²) in [5.74, 6) is 0.0681. The summed E-state index contributed by atoms with van der Waals surface area (Å²) >= 11 is 0. The van der Waals surface area contributed by atoms with Crippen molar-refractivity contribution in [2.75, 3.05) is 50.8 Å². The number of carbonyl (C=O) groups is 1. The van der Waals surface area contributed by atoms with Gasteiger partial charge in [-0.25, -0.2) is 13.9 Å². The van der Waals surface area contributed by atoms with Crippen LogP contribution in [0.3, 0.4) is 0 Å². The highest BCUT2D eigenvalue weighted by Gasteiger charge is 2.23. The molecule has 1 amide bonds. The van der Waals surface area contributed by atoms with Crippen molar-refractivity contribution in [1.29, 1.82) is 0 Å². The molecule has 2 aromatic carbocycles. The molecule has 2 aromatic heterocycles. The van der Waals surface area contributed by atoms with Gasteiger partial charge in [0.2, 0.25) is 5.91 Å². The quantitative estimate of drug-likeness (QED) is 0.357. The lowest BCUT2D eigenvalue weighted by Crippen LogP contribution is -2.45. The third kappa shape index (κ3) is 5.77. The van der Waals surface area contributed by atoms with Gasteiger partial charge in [-0.05, 0) is 62.9 Å². The smallest absolute Gasteiger partial charge is 0.281 e. The summed E-state index contributed by atoms with van der Waals surface area (Å²) in [7, 11) is -1.60. The Hall–Kier alpha value is -3.61. The second-order valence-electron chi connectivity index (χ2n) is 10.9. The molecule has 2 N–H and O–H groups in total. The van der Waals surface area contributed by atoms with Crippen LogP contribution in [0.2, 0.25) is 0 Å². The molecular weight excluding hydrogens is 542 g/mol. The van der Waals surface area contributed by atoms with Crippen molar-refractivity contribution >= 4 is 38.9 Å². The van der Waals surface area contributed by atoms with E-state index in [0.717, 1.165) is 62.3 Å². The lowest BCUT2D eigenvalue weighted by atomic mass is 10.1. The van der Waals surface area contributed by atoms with Crippen LogP contribution >= 0.6 is 0 Å². The molecule has 2 fully saturated rings. The number of aromatic nitrogens is 4. The van der Waals surface area contributed by atoms with Crippen molar-refractivity contribution in [2.45, 2.75) is 49.1 Å². The molecule has 0 radical (unpaired) electrons. The molecule has 2 saturated heterocycles. The summed E-state index contributed by atoms with van der Waals surface area (Å²) in [5, 5.41) is 11.1. The van der Waals surface area contributed by atoms with Gasteiger partial charge in [0.25, 0.3) is 5.56 Å². The number of nitrogens with one attached hydrogen (secondary N) is 2. The Morgan fingerprint density at radius 3 is 2.73 bits per heavy atom. The maximum absolute atomic E-state index is 13.5. The zero-order chi connectivity index (χ0) is 28.5. The van der Waals surface area contributed by atoms with E-state index in [2.05, 4.69) is 30.4 Å². The molecule has 2 aliphatic rings. The molecule has 0 aliphatic carbocycles. The van der Waals surface area contributed by atoms with E-state index in [1.165, 1.54) is 0 Å². The van der Waals surface area contributed by atoms with Crippen molar-refractivity contribution in [3.8, 4) is 0 Å². The molecule has 0 saturated carbocycles. The fourth-order valence-corrected chi connectivity index (χ4v) is 6.91. The Morgan fingerprint density at radius 1 is 1.10 bits per heavy atom. The molecule has 12 heteroatoms. The minimum Gasteiger partial charge on any atom is -0.381 e. The Bertz CT molecular complexity index is 1680. The fourth-order valence-electron chi connectivity index (χ4n) is 5.73. The summed E-state index contributed by atoms with van der Waals surface area (Å²) in [6.45, 7) is 8.88. The van der Waals surface area contributed by atoms with Crippen molar-refractivity contribution < 1.29 is 13.7 Å². The van der Waals surface area contributed by atoms with Gasteiger partial charge in [0, 0.05) is 56.0 Å². The summed E-state index contributed by atoms with van der Waals surface area (Å²) < 4.78 is 20.5. The lowest BCUT2D eigenvalue weighted by Gasteiger charge is -2.26. The Labute approximate surface area is 240 Å². The van der Waals surface area contributed by atoms with Crippen LogP contribution in [-0.2, 0) is 20.3 Å². The number of carbonyl (C=O) groups excluding carboxylic acids is 1. The number of fused-ring (bicyclic) bond motifs is 3. The van der Waals surface area contributed by atoms with Crippen LogP contribution in [0.4, 0.5) is 5.69 Å². The average molecular weight is 578 g/mol. The number of aromatic amines is 1. The fraction of sp³-hybridized carbons (Fsp3) is 0.448. The molecule has 0 bridgehead atoms. The average Bonchev–Trinajstić information content (AvgIpc) is 3.24. The van der Waals surface area contributed by atoms with Gasteiger partial charge in [-0.3, -0.25) is 14.5 Å². The summed E-state index contributed by atoms with van der Waals surface area (Å²) in [4.78, 5) is 35.0. The number of hydrogen-bond acceptors (Lipinski definition) is 8. The van der Waals surface area contributed by atoms with Gasteiger partial charge >= 0.3 is 0 Å². The van der Waals surface area contributed by atoms with Crippen LogP contribution in [0, 0.1) is 13.8 Å². The van der Waals surface area contributed by atoms with E-state index in [9.17, 15) is 13.8 Å². The molecule has 1 unspecified atom stereocenters. The molecule has 216 valence electrons. The second-order valence-corrected chi connectivity index (χ2v) is 12.3. The predicted octanol–water partition coefficient (Wildman–Crippen LogP) is 2.16. The zero-order valence-corrected chi connectivity index (χ0v) is 24.2. The van der Waals surface area contributed by atoms with Crippen molar-refractivity contribution in [1.82, 2.24) is 30.0 Å². The Morgan fingerprint density at radius 2 is 1.93 bits per heavy atom. The van der Waals surface area contributed by atoms with Crippen LogP contribution in [0.15, 0.2) is 51.1 Å². The first-order chi connectivity index (χ1) is 19.9. The number of amides is 1. The second kappa shape index (κ2) is 11.7. The number of ether oxygens (including phenoxy) is 1.